The largest absolute Gasteiger partial charge is 0.493 e. The van der Waals surface area contributed by atoms with E-state index in [0.29, 0.717) is 0 Å². The van der Waals surface area contributed by atoms with Gasteiger partial charge in [0.15, 0.2) is 17.2 Å². The Bertz CT molecular complexity index is 708. The fourth-order valence-electron chi connectivity index (χ4n) is 3.46. The second-order valence-electron chi connectivity index (χ2n) is 6.45. The first-order valence-corrected chi connectivity index (χ1v) is 7.38. The molecule has 0 radical (unpaired) electrons. The number of benzene rings is 1. The Morgan fingerprint density at radius 1 is 1.28 bits per heavy atom. The zero-order valence-electron chi connectivity index (χ0n) is 14.0. The van der Waals surface area contributed by atoms with E-state index >= 15 is 0 Å². The van der Waals surface area contributed by atoms with Crippen LogP contribution in [-0.2, 0) is 14.9 Å². The van der Waals surface area contributed by atoms with Crippen molar-refractivity contribution in [1.82, 2.24) is 0 Å². The average Bonchev–Trinajstić information content (AvgIpc) is 2.72. The van der Waals surface area contributed by atoms with Crippen LogP contribution in [0.2, 0.25) is 0 Å². The highest BCUT2D eigenvalue weighted by molar-refractivity contribution is 5.82. The van der Waals surface area contributed by atoms with Crippen molar-refractivity contribution in [2.75, 3.05) is 7.11 Å². The number of amides is 1. The predicted molar refractivity (Wildman–Crippen MR) is 78.0 cm³/mol. The molecule has 4 nitrogen and oxygen atoms in total. The molecule has 1 heterocycles. The standard InChI is InChI=1S/C16H18F5NO3/c1-7-14(2,8-5-6-9(17)10(18)11(8)24-4)12(13(22)23)25-15(7,3)16(19,20)21/h5-7,12H,1-4H3,(H2,22,23)/t7-,12-,14-,15+/m0/s1. The van der Waals surface area contributed by atoms with Crippen molar-refractivity contribution < 1.29 is 36.2 Å². The number of ether oxygens (including phenoxy) is 2. The van der Waals surface area contributed by atoms with Crippen molar-refractivity contribution in [2.24, 2.45) is 11.7 Å². The van der Waals surface area contributed by atoms with E-state index in [1.807, 2.05) is 0 Å². The number of methoxy groups -OCH3 is 1. The van der Waals surface area contributed by atoms with Crippen molar-refractivity contribution >= 4 is 5.91 Å². The van der Waals surface area contributed by atoms with E-state index in [2.05, 4.69) is 0 Å². The topological polar surface area (TPSA) is 61.5 Å². The van der Waals surface area contributed by atoms with Crippen LogP contribution in [0.5, 0.6) is 5.75 Å². The highest BCUT2D eigenvalue weighted by Crippen LogP contribution is 2.57. The molecule has 0 aromatic heterocycles. The minimum absolute atomic E-state index is 0.127. The Morgan fingerprint density at radius 2 is 1.84 bits per heavy atom. The van der Waals surface area contributed by atoms with Gasteiger partial charge < -0.3 is 15.2 Å². The van der Waals surface area contributed by atoms with Gasteiger partial charge in [0.25, 0.3) is 0 Å². The molecule has 0 unspecified atom stereocenters. The molecule has 1 aromatic rings. The van der Waals surface area contributed by atoms with Crippen LogP contribution in [0.4, 0.5) is 22.0 Å². The smallest absolute Gasteiger partial charge is 0.417 e. The summed E-state index contributed by atoms with van der Waals surface area (Å²) in [6.45, 7) is 3.31. The predicted octanol–water partition coefficient (Wildman–Crippen LogP) is 3.07. The van der Waals surface area contributed by atoms with Gasteiger partial charge >= 0.3 is 6.18 Å². The minimum Gasteiger partial charge on any atom is -0.493 e. The summed E-state index contributed by atoms with van der Waals surface area (Å²) in [6.07, 6.45) is -6.53. The normalized spacial score (nSPS) is 32.7. The summed E-state index contributed by atoms with van der Waals surface area (Å²) in [4.78, 5) is 11.8. The molecular formula is C16H18F5NO3. The maximum absolute atomic E-state index is 14.1. The second kappa shape index (κ2) is 5.82. The first kappa shape index (κ1) is 19.4. The summed E-state index contributed by atoms with van der Waals surface area (Å²) < 4.78 is 78.2. The Hall–Kier alpha value is -1.90. The minimum atomic E-state index is -4.82. The third-order valence-corrected chi connectivity index (χ3v) is 5.29. The Labute approximate surface area is 141 Å². The molecule has 0 spiro atoms. The number of primary amides is 1. The molecule has 2 N–H and O–H groups in total. The Morgan fingerprint density at radius 3 is 2.28 bits per heavy atom. The van der Waals surface area contributed by atoms with Crippen LogP contribution in [-0.4, -0.2) is 30.9 Å². The molecule has 1 aliphatic rings. The van der Waals surface area contributed by atoms with Crippen molar-refractivity contribution in [2.45, 2.75) is 44.1 Å². The molecular weight excluding hydrogens is 349 g/mol. The van der Waals surface area contributed by atoms with Gasteiger partial charge in [0.1, 0.15) is 6.10 Å². The summed E-state index contributed by atoms with van der Waals surface area (Å²) >= 11 is 0. The lowest BCUT2D eigenvalue weighted by molar-refractivity contribution is -0.272. The van der Waals surface area contributed by atoms with E-state index in [0.717, 1.165) is 26.2 Å². The lowest BCUT2D eigenvalue weighted by atomic mass is 9.65. The van der Waals surface area contributed by atoms with E-state index in [1.54, 1.807) is 0 Å². The summed E-state index contributed by atoms with van der Waals surface area (Å²) in [5.74, 6) is -5.68. The maximum atomic E-state index is 14.1. The molecule has 0 saturated carbocycles. The quantitative estimate of drug-likeness (QED) is 0.836. The highest BCUT2D eigenvalue weighted by Gasteiger charge is 2.70. The number of halogens is 5. The van der Waals surface area contributed by atoms with Gasteiger partial charge in [-0.25, -0.2) is 4.39 Å². The molecule has 0 bridgehead atoms. The zero-order valence-corrected chi connectivity index (χ0v) is 14.0. The average molecular weight is 367 g/mol. The van der Waals surface area contributed by atoms with Gasteiger partial charge in [-0.1, -0.05) is 19.9 Å². The van der Waals surface area contributed by atoms with E-state index in [1.165, 1.54) is 13.8 Å². The second-order valence-corrected chi connectivity index (χ2v) is 6.45. The highest BCUT2D eigenvalue weighted by atomic mass is 19.4. The molecule has 25 heavy (non-hydrogen) atoms. The van der Waals surface area contributed by atoms with Crippen LogP contribution < -0.4 is 10.5 Å². The number of hydrogen-bond donors (Lipinski definition) is 1. The van der Waals surface area contributed by atoms with Crippen molar-refractivity contribution in [3.05, 3.63) is 29.3 Å². The molecule has 140 valence electrons. The zero-order chi connectivity index (χ0) is 19.4. The van der Waals surface area contributed by atoms with E-state index in [9.17, 15) is 26.7 Å². The molecule has 2 rings (SSSR count). The monoisotopic (exact) mass is 367 g/mol. The van der Waals surface area contributed by atoms with Crippen LogP contribution in [0.15, 0.2) is 12.1 Å². The van der Waals surface area contributed by atoms with Crippen molar-refractivity contribution in [3.63, 3.8) is 0 Å². The molecule has 1 saturated heterocycles. The van der Waals surface area contributed by atoms with Crippen LogP contribution in [0, 0.1) is 17.6 Å². The molecule has 0 aliphatic carbocycles. The van der Waals surface area contributed by atoms with Crippen molar-refractivity contribution in [3.8, 4) is 5.75 Å². The molecule has 1 fully saturated rings. The summed E-state index contributed by atoms with van der Waals surface area (Å²) in [5, 5.41) is 0. The van der Waals surface area contributed by atoms with E-state index in [-0.39, 0.29) is 5.56 Å². The summed E-state index contributed by atoms with van der Waals surface area (Å²) in [5.41, 5.74) is 0.721. The third-order valence-electron chi connectivity index (χ3n) is 5.29. The van der Waals surface area contributed by atoms with Crippen LogP contribution >= 0.6 is 0 Å². The van der Waals surface area contributed by atoms with Crippen LogP contribution in [0.1, 0.15) is 26.3 Å². The van der Waals surface area contributed by atoms with Gasteiger partial charge in [-0.15, -0.1) is 0 Å². The lowest BCUT2D eigenvalue weighted by Gasteiger charge is -2.37. The van der Waals surface area contributed by atoms with Gasteiger partial charge in [0, 0.05) is 16.9 Å². The molecule has 1 aliphatic heterocycles. The SMILES string of the molecule is COc1c([C@@]2(C)[C@H](C(N)=O)O[C@@](C)(C(F)(F)F)[C@H]2C)ccc(F)c1F. The van der Waals surface area contributed by atoms with Crippen LogP contribution in [0.25, 0.3) is 0 Å². The molecule has 1 amide bonds. The van der Waals surface area contributed by atoms with E-state index in [4.69, 9.17) is 15.2 Å². The fraction of sp³-hybridized carbons (Fsp3) is 0.562. The number of hydrogen-bond acceptors (Lipinski definition) is 3. The number of nitrogens with two attached hydrogens (primary N) is 1. The number of rotatable bonds is 3. The maximum Gasteiger partial charge on any atom is 0.417 e. The molecule has 9 heteroatoms. The van der Waals surface area contributed by atoms with Gasteiger partial charge in [0.05, 0.1) is 7.11 Å². The van der Waals surface area contributed by atoms with Crippen molar-refractivity contribution in [1.29, 1.82) is 0 Å². The first-order chi connectivity index (χ1) is 11.3. The van der Waals surface area contributed by atoms with Gasteiger partial charge in [-0.3, -0.25) is 4.79 Å². The number of alkyl halides is 3. The molecule has 1 aromatic carbocycles. The first-order valence-electron chi connectivity index (χ1n) is 7.38. The van der Waals surface area contributed by atoms with Gasteiger partial charge in [0.2, 0.25) is 11.7 Å². The number of carbonyl (C=O) groups is 1. The Kier molecular flexibility index (Phi) is 4.53. The lowest BCUT2D eigenvalue weighted by Crippen LogP contribution is -2.49. The molecule has 4 atom stereocenters. The van der Waals surface area contributed by atoms with Gasteiger partial charge in [-0.2, -0.15) is 17.6 Å². The van der Waals surface area contributed by atoms with Crippen LogP contribution in [0.3, 0.4) is 0 Å². The van der Waals surface area contributed by atoms with Gasteiger partial charge in [-0.05, 0) is 13.0 Å². The van der Waals surface area contributed by atoms with E-state index < -0.39 is 52.5 Å². The Balaban J connectivity index is 2.77. The summed E-state index contributed by atoms with van der Waals surface area (Å²) in [6, 6.07) is 1.83. The summed E-state index contributed by atoms with van der Waals surface area (Å²) in [7, 11) is 1.05. The third kappa shape index (κ3) is 2.56. The fourth-order valence-corrected chi connectivity index (χ4v) is 3.46. The number of carbonyl (C=O) groups excluding carboxylic acids is 1.